The van der Waals surface area contributed by atoms with Crippen LogP contribution in [-0.4, -0.2) is 74.9 Å². The number of sulfone groups is 1. The minimum atomic E-state index is -3.58. The van der Waals surface area contributed by atoms with Gasteiger partial charge in [0.2, 0.25) is 5.75 Å². The Bertz CT molecular complexity index is 1430. The van der Waals surface area contributed by atoms with Gasteiger partial charge in [-0.25, -0.2) is 8.42 Å². The number of rotatable bonds is 16. The number of amides is 1. The zero-order chi connectivity index (χ0) is 31.5. The zero-order valence-electron chi connectivity index (χ0n) is 25.7. The summed E-state index contributed by atoms with van der Waals surface area (Å²) in [6, 6.07) is 16.3. The number of hydrogen-bond acceptors (Lipinski definition) is 8. The Morgan fingerprint density at radius 1 is 0.909 bits per heavy atom. The van der Waals surface area contributed by atoms with Crippen molar-refractivity contribution < 1.29 is 32.2 Å². The highest BCUT2D eigenvalue weighted by Gasteiger charge is 2.38. The molecule has 1 fully saturated rings. The van der Waals surface area contributed by atoms with Gasteiger partial charge in [-0.2, -0.15) is 0 Å². The van der Waals surface area contributed by atoms with E-state index in [1.165, 1.54) is 43.9 Å². The summed E-state index contributed by atoms with van der Waals surface area (Å²) in [5.41, 5.74) is 2.34. The number of benzene rings is 2. The zero-order valence-corrected chi connectivity index (χ0v) is 26.6. The Balaban J connectivity index is 1.47. The number of hydrogen-bond donors (Lipinski definition) is 0. The number of likely N-dealkylation sites (tertiary alicyclic amines) is 1. The van der Waals surface area contributed by atoms with E-state index in [1.807, 2.05) is 36.5 Å². The Hall–Kier alpha value is -3.92. The van der Waals surface area contributed by atoms with Gasteiger partial charge >= 0.3 is 0 Å². The number of ether oxygens (including phenoxy) is 3. The average Bonchev–Trinajstić information content (AvgIpc) is 3.50. The van der Waals surface area contributed by atoms with E-state index in [4.69, 9.17) is 14.2 Å². The highest BCUT2D eigenvalue weighted by Crippen LogP contribution is 2.38. The number of aromatic nitrogens is 1. The minimum Gasteiger partial charge on any atom is -0.493 e. The van der Waals surface area contributed by atoms with E-state index in [2.05, 4.69) is 17.1 Å². The summed E-state index contributed by atoms with van der Waals surface area (Å²) in [6.45, 7) is 0.328. The largest absolute Gasteiger partial charge is 0.493 e. The van der Waals surface area contributed by atoms with Crippen molar-refractivity contribution in [1.29, 1.82) is 0 Å². The van der Waals surface area contributed by atoms with Crippen molar-refractivity contribution >= 4 is 21.5 Å². The maximum Gasteiger partial charge on any atom is 0.295 e. The molecule has 0 unspecified atom stereocenters. The van der Waals surface area contributed by atoms with E-state index in [-0.39, 0.29) is 22.8 Å². The molecular weight excluding hydrogens is 580 g/mol. The molecule has 9 nitrogen and oxygen atoms in total. The van der Waals surface area contributed by atoms with Crippen LogP contribution in [-0.2, 0) is 27.5 Å². The smallest absolute Gasteiger partial charge is 0.295 e. The Morgan fingerprint density at radius 2 is 1.55 bits per heavy atom. The second-order valence-electron chi connectivity index (χ2n) is 11.1. The van der Waals surface area contributed by atoms with Gasteiger partial charge in [-0.15, -0.1) is 0 Å². The molecule has 0 aliphatic carbocycles. The van der Waals surface area contributed by atoms with Crippen LogP contribution in [0, 0.1) is 0 Å². The topological polar surface area (TPSA) is 112 Å². The summed E-state index contributed by atoms with van der Waals surface area (Å²) in [5, 5.41) is -0.536. The van der Waals surface area contributed by atoms with Crippen LogP contribution in [0.5, 0.6) is 17.2 Å². The first-order chi connectivity index (χ1) is 21.3. The van der Waals surface area contributed by atoms with Gasteiger partial charge in [0.25, 0.3) is 11.7 Å². The predicted octanol–water partition coefficient (Wildman–Crippen LogP) is 5.11. The molecule has 4 rings (SSSR count). The molecule has 2 atom stereocenters. The van der Waals surface area contributed by atoms with E-state index in [0.717, 1.165) is 24.8 Å². The van der Waals surface area contributed by atoms with Crippen LogP contribution in [0.25, 0.3) is 0 Å². The first-order valence-electron chi connectivity index (χ1n) is 15.1. The molecule has 0 N–H and O–H groups in total. The first-order valence-corrected chi connectivity index (χ1v) is 16.8. The Morgan fingerprint density at radius 3 is 2.14 bits per heavy atom. The maximum atomic E-state index is 13.9. The molecule has 2 aromatic carbocycles. The van der Waals surface area contributed by atoms with E-state index in [1.54, 1.807) is 6.20 Å². The second-order valence-corrected chi connectivity index (χ2v) is 13.4. The summed E-state index contributed by atoms with van der Waals surface area (Å²) in [5.74, 6) is -0.810. The lowest BCUT2D eigenvalue weighted by atomic mass is 10.0. The monoisotopic (exact) mass is 622 g/mol. The summed E-state index contributed by atoms with van der Waals surface area (Å²) in [6.07, 6.45) is 8.76. The standard InChI is InChI=1S/C34H42N2O7S/c1-41-30-21-27(22-31(42-2)33(30)43-3)32(37)34(38)36-20-10-16-28(36)24-44(39,40)29(17-7-13-25-11-5-4-6-12-25)18-8-14-26-15-9-19-35-23-26/h4-6,9,11-12,15,19,21-23,28-29H,7-8,10,13-14,16-18,20,24H2,1-3H3/t28-,29+/m0/s1. The van der Waals surface area contributed by atoms with Crippen LogP contribution in [0.3, 0.4) is 0 Å². The summed E-state index contributed by atoms with van der Waals surface area (Å²) in [4.78, 5) is 32.5. The third-order valence-electron chi connectivity index (χ3n) is 8.24. The van der Waals surface area contributed by atoms with Gasteiger partial charge in [0, 0.05) is 30.5 Å². The summed E-state index contributed by atoms with van der Waals surface area (Å²) < 4.78 is 43.9. The van der Waals surface area contributed by atoms with Crippen LogP contribution in [0.4, 0.5) is 0 Å². The van der Waals surface area contributed by atoms with Crippen LogP contribution >= 0.6 is 0 Å². The van der Waals surface area contributed by atoms with Crippen LogP contribution < -0.4 is 14.2 Å². The highest BCUT2D eigenvalue weighted by atomic mass is 32.2. The van der Waals surface area contributed by atoms with E-state index >= 15 is 0 Å². The van der Waals surface area contributed by atoms with Crippen LogP contribution in [0.2, 0.25) is 0 Å². The SMILES string of the molecule is COc1cc(C(=O)C(=O)N2CCC[C@H]2CS(=O)(=O)[C@H](CCCc2ccccc2)CCCc2cccnc2)cc(OC)c1OC. The van der Waals surface area contributed by atoms with E-state index in [0.29, 0.717) is 44.4 Å². The molecule has 3 aromatic rings. The Kier molecular flexibility index (Phi) is 11.8. The van der Waals surface area contributed by atoms with Gasteiger partial charge < -0.3 is 19.1 Å². The summed E-state index contributed by atoms with van der Waals surface area (Å²) >= 11 is 0. The molecule has 0 saturated carbocycles. The normalized spacial score (nSPS) is 15.5. The number of Topliss-reactive ketones (excluding diaryl/α,β-unsaturated/α-hetero) is 1. The molecule has 1 saturated heterocycles. The number of carbonyl (C=O) groups excluding carboxylic acids is 2. The number of aryl methyl sites for hydroxylation is 2. The van der Waals surface area contributed by atoms with Crippen molar-refractivity contribution in [2.75, 3.05) is 33.6 Å². The Labute approximate surface area is 260 Å². The predicted molar refractivity (Wildman–Crippen MR) is 169 cm³/mol. The van der Waals surface area contributed by atoms with Crippen molar-refractivity contribution in [3.63, 3.8) is 0 Å². The first kappa shape index (κ1) is 33.0. The maximum absolute atomic E-state index is 13.9. The van der Waals surface area contributed by atoms with Crippen molar-refractivity contribution in [3.05, 3.63) is 83.7 Å². The van der Waals surface area contributed by atoms with Crippen molar-refractivity contribution in [1.82, 2.24) is 9.88 Å². The van der Waals surface area contributed by atoms with Crippen molar-refractivity contribution in [2.24, 2.45) is 0 Å². The number of nitrogens with zero attached hydrogens (tertiary/aromatic N) is 2. The molecule has 236 valence electrons. The van der Waals surface area contributed by atoms with E-state index < -0.39 is 32.8 Å². The van der Waals surface area contributed by atoms with Gasteiger partial charge in [-0.1, -0.05) is 36.4 Å². The van der Waals surface area contributed by atoms with Gasteiger partial charge in [-0.3, -0.25) is 14.6 Å². The lowest BCUT2D eigenvalue weighted by Crippen LogP contribution is -2.44. The number of carbonyl (C=O) groups is 2. The number of ketones is 1. The van der Waals surface area contributed by atoms with Gasteiger partial charge in [-0.05, 0) is 80.7 Å². The highest BCUT2D eigenvalue weighted by molar-refractivity contribution is 7.92. The fourth-order valence-corrected chi connectivity index (χ4v) is 8.12. The van der Waals surface area contributed by atoms with Gasteiger partial charge in [0.15, 0.2) is 21.3 Å². The third-order valence-corrected chi connectivity index (χ3v) is 10.6. The molecule has 0 radical (unpaired) electrons. The number of pyridine rings is 1. The molecular formula is C34H42N2O7S. The average molecular weight is 623 g/mol. The fourth-order valence-electron chi connectivity index (χ4n) is 5.91. The molecule has 1 aromatic heterocycles. The van der Waals surface area contributed by atoms with Crippen LogP contribution in [0.15, 0.2) is 67.0 Å². The minimum absolute atomic E-state index is 0.0900. The van der Waals surface area contributed by atoms with Gasteiger partial charge in [0.05, 0.1) is 32.3 Å². The molecule has 1 amide bonds. The molecule has 0 bridgehead atoms. The van der Waals surface area contributed by atoms with Gasteiger partial charge in [0.1, 0.15) is 0 Å². The third kappa shape index (κ3) is 8.37. The molecule has 0 spiro atoms. The van der Waals surface area contributed by atoms with Crippen molar-refractivity contribution in [3.8, 4) is 17.2 Å². The molecule has 44 heavy (non-hydrogen) atoms. The fraction of sp³-hybridized carbons (Fsp3) is 0.441. The molecule has 2 heterocycles. The molecule has 10 heteroatoms. The summed E-state index contributed by atoms with van der Waals surface area (Å²) in [7, 11) is 0.740. The lowest BCUT2D eigenvalue weighted by molar-refractivity contribution is -0.126. The quantitative estimate of drug-likeness (QED) is 0.160. The molecule has 1 aliphatic rings. The molecule has 1 aliphatic heterocycles. The second kappa shape index (κ2) is 15.7. The van der Waals surface area contributed by atoms with E-state index in [9.17, 15) is 18.0 Å². The van der Waals surface area contributed by atoms with Crippen LogP contribution in [0.1, 0.15) is 60.0 Å². The lowest BCUT2D eigenvalue weighted by Gasteiger charge is -2.26. The van der Waals surface area contributed by atoms with Crippen molar-refractivity contribution in [2.45, 2.75) is 62.7 Å². The number of methoxy groups -OCH3 is 3.